The molecule has 12 nitrogen and oxygen atoms in total. The number of nitro groups is 2. The number of benzene rings is 2. The largest absolute Gasteiger partial charge is 0.465 e. The van der Waals surface area contributed by atoms with E-state index in [0.717, 1.165) is 23.1 Å². The second kappa shape index (κ2) is 9.91. The van der Waals surface area contributed by atoms with Gasteiger partial charge in [-0.3, -0.25) is 39.5 Å². The Morgan fingerprint density at radius 1 is 1.09 bits per heavy atom. The van der Waals surface area contributed by atoms with E-state index in [4.69, 9.17) is 9.47 Å². The highest BCUT2D eigenvalue weighted by Gasteiger charge is 2.36. The van der Waals surface area contributed by atoms with E-state index in [1.54, 1.807) is 19.1 Å². The first kappa shape index (κ1) is 23.4. The zero-order chi connectivity index (χ0) is 24.1. The minimum Gasteiger partial charge on any atom is -0.465 e. The van der Waals surface area contributed by atoms with Gasteiger partial charge in [0.1, 0.15) is 12.3 Å². The molecule has 0 unspecified atom stereocenters. The average Bonchev–Trinajstić information content (AvgIpc) is 3.02. The zero-order valence-electron chi connectivity index (χ0n) is 17.0. The lowest BCUT2D eigenvalue weighted by atomic mass is 10.2. The maximum absolute atomic E-state index is 12.4. The number of imide groups is 1. The van der Waals surface area contributed by atoms with Crippen molar-refractivity contribution >= 4 is 46.3 Å². The number of nitrogens with zero attached hydrogens (tertiary/aromatic N) is 3. The first-order valence-corrected chi connectivity index (χ1v) is 10.1. The van der Waals surface area contributed by atoms with Gasteiger partial charge in [-0.25, -0.2) is 0 Å². The van der Waals surface area contributed by atoms with E-state index in [2.05, 4.69) is 0 Å². The number of nitro benzene ring substituents is 2. The van der Waals surface area contributed by atoms with Crippen LogP contribution in [0.3, 0.4) is 0 Å². The molecule has 0 aromatic heterocycles. The molecule has 0 saturated carbocycles. The van der Waals surface area contributed by atoms with Crippen LogP contribution in [0.5, 0.6) is 11.5 Å². The van der Waals surface area contributed by atoms with Crippen LogP contribution >= 0.6 is 11.8 Å². The summed E-state index contributed by atoms with van der Waals surface area (Å²) >= 11 is 0.682. The standard InChI is InChI=1S/C20H15N3O9S/c1-2-31-18(24)11-21-19(25)17(33-20(21)26)9-12-3-6-14(7-4-12)32-16-8-5-13(22(27)28)10-15(16)23(29)30/h3-10H,2,11H2,1H3/b17-9-. The Morgan fingerprint density at radius 3 is 2.39 bits per heavy atom. The lowest BCUT2D eigenvalue weighted by Gasteiger charge is -2.10. The number of rotatable bonds is 8. The number of amides is 2. The third-order valence-electron chi connectivity index (χ3n) is 4.22. The molecule has 0 radical (unpaired) electrons. The minimum atomic E-state index is -0.789. The van der Waals surface area contributed by atoms with Crippen molar-refractivity contribution in [2.45, 2.75) is 6.92 Å². The maximum Gasteiger partial charge on any atom is 0.326 e. The van der Waals surface area contributed by atoms with E-state index < -0.39 is 44.9 Å². The number of thioether (sulfide) groups is 1. The van der Waals surface area contributed by atoms with Crippen molar-refractivity contribution in [3.8, 4) is 11.5 Å². The highest BCUT2D eigenvalue weighted by molar-refractivity contribution is 8.18. The van der Waals surface area contributed by atoms with Crippen molar-refractivity contribution < 1.29 is 33.7 Å². The molecule has 2 aromatic rings. The number of hydrogen-bond acceptors (Lipinski definition) is 10. The highest BCUT2D eigenvalue weighted by Crippen LogP contribution is 2.35. The Hall–Kier alpha value is -4.26. The smallest absolute Gasteiger partial charge is 0.326 e. The van der Waals surface area contributed by atoms with Gasteiger partial charge in [-0.15, -0.1) is 0 Å². The van der Waals surface area contributed by atoms with Gasteiger partial charge in [0, 0.05) is 6.07 Å². The molecule has 0 bridgehead atoms. The lowest BCUT2D eigenvalue weighted by Crippen LogP contribution is -2.34. The summed E-state index contributed by atoms with van der Waals surface area (Å²) in [7, 11) is 0. The van der Waals surface area contributed by atoms with Crippen molar-refractivity contribution in [3.63, 3.8) is 0 Å². The molecule has 170 valence electrons. The van der Waals surface area contributed by atoms with Gasteiger partial charge in [0.05, 0.1) is 27.4 Å². The fourth-order valence-electron chi connectivity index (χ4n) is 2.73. The van der Waals surface area contributed by atoms with Gasteiger partial charge in [0.25, 0.3) is 16.8 Å². The molecule has 3 rings (SSSR count). The van der Waals surface area contributed by atoms with Crippen LogP contribution in [0.1, 0.15) is 12.5 Å². The van der Waals surface area contributed by atoms with Gasteiger partial charge < -0.3 is 9.47 Å². The summed E-state index contributed by atoms with van der Waals surface area (Å²) in [5, 5.41) is 21.5. The van der Waals surface area contributed by atoms with Crippen LogP contribution in [0.15, 0.2) is 47.4 Å². The van der Waals surface area contributed by atoms with Crippen molar-refractivity contribution in [3.05, 3.63) is 73.2 Å². The summed E-state index contributed by atoms with van der Waals surface area (Å²) in [5.41, 5.74) is -0.480. The summed E-state index contributed by atoms with van der Waals surface area (Å²) in [6.07, 6.45) is 1.45. The number of carbonyl (C=O) groups excluding carboxylic acids is 3. The van der Waals surface area contributed by atoms with Crippen LogP contribution in [-0.4, -0.2) is 45.0 Å². The van der Waals surface area contributed by atoms with Crippen LogP contribution in [0.4, 0.5) is 16.2 Å². The normalized spacial score (nSPS) is 14.5. The lowest BCUT2D eigenvalue weighted by molar-refractivity contribution is -0.394. The first-order valence-electron chi connectivity index (χ1n) is 9.31. The second-order valence-corrected chi connectivity index (χ2v) is 7.40. The quantitative estimate of drug-likeness (QED) is 0.238. The summed E-state index contributed by atoms with van der Waals surface area (Å²) in [6.45, 7) is 1.26. The molecule has 2 amide bonds. The summed E-state index contributed by atoms with van der Waals surface area (Å²) < 4.78 is 10.2. The molecule has 1 fully saturated rings. The molecule has 0 N–H and O–H groups in total. The predicted molar refractivity (Wildman–Crippen MR) is 116 cm³/mol. The maximum atomic E-state index is 12.4. The van der Waals surface area contributed by atoms with Gasteiger partial charge in [0.2, 0.25) is 5.75 Å². The van der Waals surface area contributed by atoms with E-state index in [1.165, 1.54) is 18.2 Å². The number of ether oxygens (including phenoxy) is 2. The first-order chi connectivity index (χ1) is 15.7. The Balaban J connectivity index is 1.75. The van der Waals surface area contributed by atoms with E-state index >= 15 is 0 Å². The van der Waals surface area contributed by atoms with Crippen molar-refractivity contribution in [1.29, 1.82) is 0 Å². The summed E-state index contributed by atoms with van der Waals surface area (Å²) in [6, 6.07) is 9.06. The molecule has 33 heavy (non-hydrogen) atoms. The van der Waals surface area contributed by atoms with E-state index in [0.29, 0.717) is 17.3 Å². The number of non-ortho nitro benzene ring substituents is 1. The highest BCUT2D eigenvalue weighted by atomic mass is 32.2. The molecular formula is C20H15N3O9S. The fourth-order valence-corrected chi connectivity index (χ4v) is 3.57. The van der Waals surface area contributed by atoms with Crippen LogP contribution in [0.2, 0.25) is 0 Å². The number of hydrogen-bond donors (Lipinski definition) is 0. The molecule has 1 heterocycles. The van der Waals surface area contributed by atoms with Crippen molar-refractivity contribution in [2.75, 3.05) is 13.2 Å². The zero-order valence-corrected chi connectivity index (χ0v) is 17.8. The van der Waals surface area contributed by atoms with Crippen molar-refractivity contribution in [2.24, 2.45) is 0 Å². The SMILES string of the molecule is CCOC(=O)CN1C(=O)S/C(=C\c2ccc(Oc3ccc([N+](=O)[O-])cc3[N+](=O)[O-])cc2)C1=O. The third kappa shape index (κ3) is 5.51. The van der Waals surface area contributed by atoms with Crippen LogP contribution in [0, 0.1) is 20.2 Å². The third-order valence-corrected chi connectivity index (χ3v) is 5.13. The molecule has 1 saturated heterocycles. The summed E-state index contributed by atoms with van der Waals surface area (Å²) in [4.78, 5) is 57.5. The fraction of sp³-hybridized carbons (Fsp3) is 0.150. The second-order valence-electron chi connectivity index (χ2n) is 6.41. The van der Waals surface area contributed by atoms with E-state index in [9.17, 15) is 34.6 Å². The Labute approximate surface area is 190 Å². The molecule has 1 aliphatic heterocycles. The van der Waals surface area contributed by atoms with Gasteiger partial charge in [-0.2, -0.15) is 0 Å². The predicted octanol–water partition coefficient (Wildman–Crippen LogP) is 3.89. The molecule has 0 atom stereocenters. The molecule has 0 spiro atoms. The van der Waals surface area contributed by atoms with Crippen LogP contribution in [0.25, 0.3) is 6.08 Å². The van der Waals surface area contributed by atoms with Gasteiger partial charge in [-0.1, -0.05) is 12.1 Å². The summed E-state index contributed by atoms with van der Waals surface area (Å²) in [5.74, 6) is -1.29. The topological polar surface area (TPSA) is 159 Å². The monoisotopic (exact) mass is 473 g/mol. The molecular weight excluding hydrogens is 458 g/mol. The molecule has 2 aromatic carbocycles. The van der Waals surface area contributed by atoms with Gasteiger partial charge >= 0.3 is 11.7 Å². The Kier molecular flexibility index (Phi) is 7.03. The molecule has 0 aliphatic carbocycles. The van der Waals surface area contributed by atoms with Gasteiger partial charge in [0.15, 0.2) is 0 Å². The van der Waals surface area contributed by atoms with Crippen molar-refractivity contribution in [1.82, 2.24) is 4.90 Å². The van der Waals surface area contributed by atoms with E-state index in [-0.39, 0.29) is 23.0 Å². The molecule has 13 heteroatoms. The Morgan fingerprint density at radius 2 is 1.79 bits per heavy atom. The average molecular weight is 473 g/mol. The minimum absolute atomic E-state index is 0.115. The Bertz CT molecular complexity index is 1180. The van der Waals surface area contributed by atoms with E-state index in [1.807, 2.05) is 0 Å². The van der Waals surface area contributed by atoms with Crippen LogP contribution in [-0.2, 0) is 14.3 Å². The molecule has 1 aliphatic rings. The number of esters is 1. The van der Waals surface area contributed by atoms with Gasteiger partial charge in [-0.05, 0) is 48.5 Å². The van der Waals surface area contributed by atoms with Crippen LogP contribution < -0.4 is 4.74 Å². The number of carbonyl (C=O) groups is 3.